The van der Waals surface area contributed by atoms with Gasteiger partial charge in [0.25, 0.3) is 0 Å². The fraction of sp³-hybridized carbons (Fsp3) is 0.533. The van der Waals surface area contributed by atoms with Crippen LogP contribution in [0.2, 0.25) is 0 Å². The van der Waals surface area contributed by atoms with Gasteiger partial charge in [-0.2, -0.15) is 0 Å². The average Bonchev–Trinajstić information content (AvgIpc) is 2.30. The Hall–Kier alpha value is -1.35. The molecule has 0 spiro atoms. The topological polar surface area (TPSA) is 41.1 Å². The minimum absolute atomic E-state index is 0.0795. The van der Waals surface area contributed by atoms with E-state index in [0.717, 1.165) is 12.1 Å². The minimum Gasteiger partial charge on any atom is -0.355 e. The lowest BCUT2D eigenvalue weighted by Crippen LogP contribution is -2.40. The molecule has 100 valence electrons. The summed E-state index contributed by atoms with van der Waals surface area (Å²) in [5.74, 6) is 0.0912. The Morgan fingerprint density at radius 2 is 1.89 bits per heavy atom. The molecule has 0 aliphatic heterocycles. The van der Waals surface area contributed by atoms with Crippen LogP contribution in [0.3, 0.4) is 0 Å². The van der Waals surface area contributed by atoms with Crippen molar-refractivity contribution in [2.75, 3.05) is 20.1 Å². The highest BCUT2D eigenvalue weighted by Crippen LogP contribution is 2.12. The van der Waals surface area contributed by atoms with Crippen LogP contribution < -0.4 is 10.6 Å². The zero-order valence-electron chi connectivity index (χ0n) is 11.8. The Labute approximate surface area is 110 Å². The summed E-state index contributed by atoms with van der Waals surface area (Å²) in [6.45, 7) is 7.89. The van der Waals surface area contributed by atoms with Crippen molar-refractivity contribution in [1.29, 1.82) is 0 Å². The van der Waals surface area contributed by atoms with Crippen LogP contribution in [0, 0.1) is 12.3 Å². The zero-order valence-corrected chi connectivity index (χ0v) is 11.8. The van der Waals surface area contributed by atoms with E-state index in [1.807, 2.05) is 38.2 Å². The van der Waals surface area contributed by atoms with Crippen molar-refractivity contribution in [1.82, 2.24) is 10.6 Å². The lowest BCUT2D eigenvalue weighted by atomic mass is 9.93. The van der Waals surface area contributed by atoms with Crippen molar-refractivity contribution in [2.45, 2.75) is 27.2 Å². The van der Waals surface area contributed by atoms with Gasteiger partial charge in [-0.25, -0.2) is 0 Å². The molecule has 1 aromatic carbocycles. The van der Waals surface area contributed by atoms with Crippen molar-refractivity contribution >= 4 is 5.91 Å². The molecule has 1 amide bonds. The van der Waals surface area contributed by atoms with Crippen molar-refractivity contribution in [3.8, 4) is 0 Å². The molecule has 0 fully saturated rings. The second-order valence-electron chi connectivity index (χ2n) is 5.57. The van der Waals surface area contributed by atoms with E-state index in [9.17, 15) is 4.79 Å². The third-order valence-corrected chi connectivity index (χ3v) is 3.03. The summed E-state index contributed by atoms with van der Waals surface area (Å²) in [4.78, 5) is 11.9. The molecule has 0 unspecified atom stereocenters. The maximum atomic E-state index is 11.9. The fourth-order valence-corrected chi connectivity index (χ4v) is 1.92. The molecule has 0 aromatic heterocycles. The predicted octanol–water partition coefficient (Wildman–Crippen LogP) is 1.90. The largest absolute Gasteiger partial charge is 0.355 e. The van der Waals surface area contributed by atoms with Gasteiger partial charge in [-0.1, -0.05) is 38.1 Å². The Morgan fingerprint density at radius 3 is 2.50 bits per heavy atom. The highest BCUT2D eigenvalue weighted by Gasteiger charge is 2.17. The van der Waals surface area contributed by atoms with Gasteiger partial charge in [0.05, 0.1) is 6.42 Å². The van der Waals surface area contributed by atoms with E-state index < -0.39 is 0 Å². The van der Waals surface area contributed by atoms with Crippen LogP contribution in [0.5, 0.6) is 0 Å². The summed E-state index contributed by atoms with van der Waals surface area (Å²) in [6, 6.07) is 8.01. The molecule has 0 saturated carbocycles. The van der Waals surface area contributed by atoms with Crippen LogP contribution in [0.15, 0.2) is 24.3 Å². The molecular formula is C15H24N2O. The van der Waals surface area contributed by atoms with E-state index in [2.05, 4.69) is 24.5 Å². The Balaban J connectivity index is 2.46. The molecule has 1 aromatic rings. The zero-order chi connectivity index (χ0) is 13.6. The van der Waals surface area contributed by atoms with Crippen molar-refractivity contribution < 1.29 is 4.79 Å². The van der Waals surface area contributed by atoms with Gasteiger partial charge in [-0.3, -0.25) is 4.79 Å². The third-order valence-electron chi connectivity index (χ3n) is 3.03. The number of carbonyl (C=O) groups is 1. The minimum atomic E-state index is 0.0795. The number of hydrogen-bond donors (Lipinski definition) is 2. The molecule has 0 atom stereocenters. The van der Waals surface area contributed by atoms with E-state index in [-0.39, 0.29) is 11.3 Å². The molecule has 0 saturated heterocycles. The summed E-state index contributed by atoms with van der Waals surface area (Å²) in [7, 11) is 1.93. The molecule has 1 rings (SSSR count). The third kappa shape index (κ3) is 4.88. The SMILES string of the molecule is CNCC(C)(C)CNC(=O)Cc1ccccc1C. The number of rotatable bonds is 6. The van der Waals surface area contributed by atoms with Crippen molar-refractivity contribution in [2.24, 2.45) is 5.41 Å². The normalized spacial score (nSPS) is 11.3. The van der Waals surface area contributed by atoms with E-state index >= 15 is 0 Å². The van der Waals surface area contributed by atoms with E-state index in [1.54, 1.807) is 0 Å². The molecule has 0 bridgehead atoms. The predicted molar refractivity (Wildman–Crippen MR) is 75.6 cm³/mol. The van der Waals surface area contributed by atoms with E-state index in [1.165, 1.54) is 5.56 Å². The summed E-state index contributed by atoms with van der Waals surface area (Å²) in [6.07, 6.45) is 0.461. The number of amides is 1. The number of benzene rings is 1. The van der Waals surface area contributed by atoms with Gasteiger partial charge < -0.3 is 10.6 Å². The first-order chi connectivity index (χ1) is 8.44. The van der Waals surface area contributed by atoms with Gasteiger partial charge in [-0.15, -0.1) is 0 Å². The van der Waals surface area contributed by atoms with Crippen LogP contribution in [0.1, 0.15) is 25.0 Å². The monoisotopic (exact) mass is 248 g/mol. The van der Waals surface area contributed by atoms with E-state index in [4.69, 9.17) is 0 Å². The molecule has 0 heterocycles. The summed E-state index contributed by atoms with van der Waals surface area (Å²) in [5.41, 5.74) is 2.35. The highest BCUT2D eigenvalue weighted by atomic mass is 16.1. The quantitative estimate of drug-likeness (QED) is 0.807. The molecule has 0 aliphatic rings. The Kier molecular flexibility index (Phi) is 5.35. The first-order valence-electron chi connectivity index (χ1n) is 6.40. The fourth-order valence-electron chi connectivity index (χ4n) is 1.92. The molecule has 0 radical (unpaired) electrons. The first kappa shape index (κ1) is 14.7. The second-order valence-corrected chi connectivity index (χ2v) is 5.57. The number of carbonyl (C=O) groups excluding carboxylic acids is 1. The Bertz CT molecular complexity index is 399. The highest BCUT2D eigenvalue weighted by molar-refractivity contribution is 5.78. The van der Waals surface area contributed by atoms with Gasteiger partial charge in [-0.05, 0) is 30.5 Å². The lowest BCUT2D eigenvalue weighted by molar-refractivity contribution is -0.120. The van der Waals surface area contributed by atoms with Crippen LogP contribution >= 0.6 is 0 Å². The van der Waals surface area contributed by atoms with E-state index in [0.29, 0.717) is 13.0 Å². The average molecular weight is 248 g/mol. The standard InChI is InChI=1S/C15H24N2O/c1-12-7-5-6-8-13(12)9-14(18)17-11-15(2,3)10-16-4/h5-8,16H,9-11H2,1-4H3,(H,17,18). The van der Waals surface area contributed by atoms with Gasteiger partial charge >= 0.3 is 0 Å². The van der Waals surface area contributed by atoms with Gasteiger partial charge in [0.15, 0.2) is 0 Å². The van der Waals surface area contributed by atoms with Crippen LogP contribution in [0.4, 0.5) is 0 Å². The maximum absolute atomic E-state index is 11.9. The maximum Gasteiger partial charge on any atom is 0.224 e. The summed E-state index contributed by atoms with van der Waals surface area (Å²) in [5, 5.41) is 6.14. The van der Waals surface area contributed by atoms with Gasteiger partial charge in [0.2, 0.25) is 5.91 Å². The van der Waals surface area contributed by atoms with Crippen molar-refractivity contribution in [3.05, 3.63) is 35.4 Å². The van der Waals surface area contributed by atoms with Gasteiger partial charge in [0.1, 0.15) is 0 Å². The molecule has 18 heavy (non-hydrogen) atoms. The summed E-state index contributed by atoms with van der Waals surface area (Å²) < 4.78 is 0. The molecule has 2 N–H and O–H groups in total. The van der Waals surface area contributed by atoms with Crippen molar-refractivity contribution in [3.63, 3.8) is 0 Å². The number of hydrogen-bond acceptors (Lipinski definition) is 2. The smallest absolute Gasteiger partial charge is 0.224 e. The number of aryl methyl sites for hydroxylation is 1. The summed E-state index contributed by atoms with van der Waals surface area (Å²) >= 11 is 0. The first-order valence-corrected chi connectivity index (χ1v) is 6.40. The van der Waals surface area contributed by atoms with Crippen LogP contribution in [-0.2, 0) is 11.2 Å². The molecule has 3 nitrogen and oxygen atoms in total. The second kappa shape index (κ2) is 6.55. The van der Waals surface area contributed by atoms with Crippen LogP contribution in [-0.4, -0.2) is 26.0 Å². The van der Waals surface area contributed by atoms with Gasteiger partial charge in [0, 0.05) is 13.1 Å². The number of nitrogens with one attached hydrogen (secondary N) is 2. The Morgan fingerprint density at radius 1 is 1.22 bits per heavy atom. The molecule has 3 heteroatoms. The molecule has 0 aliphatic carbocycles. The molecular weight excluding hydrogens is 224 g/mol. The van der Waals surface area contributed by atoms with Crippen LogP contribution in [0.25, 0.3) is 0 Å². The lowest BCUT2D eigenvalue weighted by Gasteiger charge is -2.24.